The van der Waals surface area contributed by atoms with Gasteiger partial charge in [0, 0.05) is 25.7 Å². The molecule has 0 fully saturated rings. The molecule has 1 atom stereocenters. The highest BCUT2D eigenvalue weighted by atomic mass is 35.5. The van der Waals surface area contributed by atoms with Crippen molar-refractivity contribution in [1.29, 1.82) is 0 Å². The van der Waals surface area contributed by atoms with E-state index in [9.17, 15) is 0 Å². The van der Waals surface area contributed by atoms with Crippen molar-refractivity contribution in [2.24, 2.45) is 0 Å². The predicted octanol–water partition coefficient (Wildman–Crippen LogP) is 1.73. The van der Waals surface area contributed by atoms with Crippen molar-refractivity contribution in [3.05, 3.63) is 5.28 Å². The maximum absolute atomic E-state index is 5.95. The first-order valence-corrected chi connectivity index (χ1v) is 6.92. The number of nitrogens with one attached hydrogen (secondary N) is 1. The molecule has 0 radical (unpaired) electrons. The van der Waals surface area contributed by atoms with Gasteiger partial charge in [-0.1, -0.05) is 0 Å². The van der Waals surface area contributed by atoms with Gasteiger partial charge in [0.05, 0.1) is 0 Å². The minimum atomic E-state index is 0.219. The van der Waals surface area contributed by atoms with Gasteiger partial charge in [0.1, 0.15) is 0 Å². The summed E-state index contributed by atoms with van der Waals surface area (Å²) in [5.41, 5.74) is 0. The van der Waals surface area contributed by atoms with E-state index in [0.29, 0.717) is 17.9 Å². The molecule has 0 aliphatic rings. The highest BCUT2D eigenvalue weighted by Gasteiger charge is 2.11. The Morgan fingerprint density at radius 3 is 2.32 bits per heavy atom. The van der Waals surface area contributed by atoms with Crippen LogP contribution in [0, 0.1) is 0 Å². The number of likely N-dealkylation sites (N-methyl/N-ethyl adjacent to an activating group) is 1. The summed E-state index contributed by atoms with van der Waals surface area (Å²) in [5.74, 6) is 1.14. The van der Waals surface area contributed by atoms with Gasteiger partial charge in [0.15, 0.2) is 0 Å². The Balaban J connectivity index is 2.79. The van der Waals surface area contributed by atoms with Crippen molar-refractivity contribution >= 4 is 23.5 Å². The summed E-state index contributed by atoms with van der Waals surface area (Å²) in [7, 11) is 4.07. The van der Waals surface area contributed by atoms with Crippen LogP contribution in [-0.4, -0.2) is 59.6 Å². The van der Waals surface area contributed by atoms with Crippen LogP contribution < -0.4 is 10.2 Å². The van der Waals surface area contributed by atoms with E-state index in [1.54, 1.807) is 0 Å². The Morgan fingerprint density at radius 1 is 1.16 bits per heavy atom. The van der Waals surface area contributed by atoms with Crippen molar-refractivity contribution in [2.75, 3.05) is 43.9 Å². The Kier molecular flexibility index (Phi) is 6.24. The largest absolute Gasteiger partial charge is 0.352 e. The van der Waals surface area contributed by atoms with Crippen LogP contribution >= 0.6 is 11.6 Å². The van der Waals surface area contributed by atoms with E-state index in [2.05, 4.69) is 45.9 Å². The molecule has 108 valence electrons. The summed E-state index contributed by atoms with van der Waals surface area (Å²) >= 11 is 5.95. The monoisotopic (exact) mass is 286 g/mol. The van der Waals surface area contributed by atoms with Crippen molar-refractivity contribution in [3.8, 4) is 0 Å². The third-order valence-electron chi connectivity index (χ3n) is 3.08. The molecule has 1 unspecified atom stereocenters. The van der Waals surface area contributed by atoms with E-state index in [1.165, 1.54) is 0 Å². The average Bonchev–Trinajstić information content (AvgIpc) is 2.36. The minimum Gasteiger partial charge on any atom is -0.352 e. The second kappa shape index (κ2) is 7.45. The average molecular weight is 287 g/mol. The maximum Gasteiger partial charge on any atom is 0.231 e. The highest BCUT2D eigenvalue weighted by molar-refractivity contribution is 6.28. The highest BCUT2D eigenvalue weighted by Crippen LogP contribution is 2.13. The fourth-order valence-electron chi connectivity index (χ4n) is 1.49. The number of anilines is 2. The van der Waals surface area contributed by atoms with Crippen LogP contribution in [0.4, 0.5) is 11.9 Å². The summed E-state index contributed by atoms with van der Waals surface area (Å²) in [6, 6.07) is 0.382. The Labute approximate surface area is 120 Å². The first-order valence-electron chi connectivity index (χ1n) is 6.54. The molecule has 6 nitrogen and oxygen atoms in total. The van der Waals surface area contributed by atoms with Crippen LogP contribution in [0.5, 0.6) is 0 Å². The number of hydrogen-bond acceptors (Lipinski definition) is 6. The number of nitrogens with zero attached hydrogens (tertiary/aromatic N) is 5. The predicted molar refractivity (Wildman–Crippen MR) is 80.0 cm³/mol. The van der Waals surface area contributed by atoms with E-state index in [0.717, 1.165) is 19.6 Å². The molecule has 1 aromatic heterocycles. The lowest BCUT2D eigenvalue weighted by atomic mass is 10.3. The molecule has 1 heterocycles. The van der Waals surface area contributed by atoms with Gasteiger partial charge in [0.25, 0.3) is 0 Å². The molecular formula is C12H23ClN6. The molecule has 0 amide bonds. The quantitative estimate of drug-likeness (QED) is 0.824. The molecule has 0 saturated carbocycles. The summed E-state index contributed by atoms with van der Waals surface area (Å²) < 4.78 is 0. The Hall–Kier alpha value is -1.14. The van der Waals surface area contributed by atoms with Crippen molar-refractivity contribution in [3.63, 3.8) is 0 Å². The number of rotatable bonds is 7. The standard InChI is InChI=1S/C12H23ClN6/c1-6-19(7-2)12-16-10(13)15-11(17-12)14-8-9(3)18(4)5/h9H,6-8H2,1-5H3,(H,14,15,16,17). The normalized spacial score (nSPS) is 12.6. The molecular weight excluding hydrogens is 264 g/mol. The van der Waals surface area contributed by atoms with Crippen molar-refractivity contribution < 1.29 is 0 Å². The van der Waals surface area contributed by atoms with E-state index in [-0.39, 0.29) is 5.28 Å². The number of halogens is 1. The summed E-state index contributed by atoms with van der Waals surface area (Å²) in [4.78, 5) is 16.8. The molecule has 0 saturated heterocycles. The summed E-state index contributed by atoms with van der Waals surface area (Å²) in [6.07, 6.45) is 0. The smallest absolute Gasteiger partial charge is 0.231 e. The Morgan fingerprint density at radius 2 is 1.79 bits per heavy atom. The van der Waals surface area contributed by atoms with Gasteiger partial charge in [-0.15, -0.1) is 0 Å². The van der Waals surface area contributed by atoms with E-state index >= 15 is 0 Å². The second-order valence-corrected chi connectivity index (χ2v) is 4.93. The van der Waals surface area contributed by atoms with Crippen LogP contribution in [0.1, 0.15) is 20.8 Å². The summed E-state index contributed by atoms with van der Waals surface area (Å²) in [5, 5.41) is 3.41. The first kappa shape index (κ1) is 15.9. The van der Waals surface area contributed by atoms with Gasteiger partial charge in [-0.05, 0) is 46.5 Å². The third kappa shape index (κ3) is 4.80. The van der Waals surface area contributed by atoms with Gasteiger partial charge < -0.3 is 15.1 Å². The fraction of sp³-hybridized carbons (Fsp3) is 0.750. The molecule has 0 aliphatic carbocycles. The first-order chi connectivity index (χ1) is 8.97. The van der Waals surface area contributed by atoms with Crippen LogP contribution in [0.15, 0.2) is 0 Å². The van der Waals surface area contributed by atoms with E-state index in [4.69, 9.17) is 11.6 Å². The van der Waals surface area contributed by atoms with E-state index < -0.39 is 0 Å². The minimum absolute atomic E-state index is 0.219. The van der Waals surface area contributed by atoms with Gasteiger partial charge in [0.2, 0.25) is 17.2 Å². The van der Waals surface area contributed by atoms with Gasteiger partial charge in [-0.2, -0.15) is 15.0 Å². The molecule has 0 spiro atoms. The van der Waals surface area contributed by atoms with Gasteiger partial charge in [-0.25, -0.2) is 0 Å². The topological polar surface area (TPSA) is 57.2 Å². The number of aromatic nitrogens is 3. The second-order valence-electron chi connectivity index (χ2n) is 4.59. The SMILES string of the molecule is CCN(CC)c1nc(Cl)nc(NCC(C)N(C)C)n1. The lowest BCUT2D eigenvalue weighted by Gasteiger charge is -2.21. The van der Waals surface area contributed by atoms with Crippen LogP contribution in [-0.2, 0) is 0 Å². The fourth-order valence-corrected chi connectivity index (χ4v) is 1.64. The molecule has 7 heteroatoms. The van der Waals surface area contributed by atoms with E-state index in [1.807, 2.05) is 19.0 Å². The van der Waals surface area contributed by atoms with Crippen molar-refractivity contribution in [1.82, 2.24) is 19.9 Å². The molecule has 0 bridgehead atoms. The third-order valence-corrected chi connectivity index (χ3v) is 3.25. The molecule has 0 aromatic carbocycles. The van der Waals surface area contributed by atoms with Crippen molar-refractivity contribution in [2.45, 2.75) is 26.8 Å². The zero-order valence-electron chi connectivity index (χ0n) is 12.3. The molecule has 1 aromatic rings. The maximum atomic E-state index is 5.95. The molecule has 0 aliphatic heterocycles. The van der Waals surface area contributed by atoms with Gasteiger partial charge >= 0.3 is 0 Å². The lowest BCUT2D eigenvalue weighted by molar-refractivity contribution is 0.325. The summed E-state index contributed by atoms with van der Waals surface area (Å²) in [6.45, 7) is 8.67. The number of hydrogen-bond donors (Lipinski definition) is 1. The van der Waals surface area contributed by atoms with Crippen LogP contribution in [0.2, 0.25) is 5.28 Å². The zero-order chi connectivity index (χ0) is 14.4. The molecule has 1 rings (SSSR count). The van der Waals surface area contributed by atoms with Crippen LogP contribution in [0.3, 0.4) is 0 Å². The van der Waals surface area contributed by atoms with Crippen LogP contribution in [0.25, 0.3) is 0 Å². The molecule has 1 N–H and O–H groups in total. The lowest BCUT2D eigenvalue weighted by Crippen LogP contribution is -2.32. The Bertz CT molecular complexity index is 394. The molecule has 19 heavy (non-hydrogen) atoms. The zero-order valence-corrected chi connectivity index (χ0v) is 13.1. The van der Waals surface area contributed by atoms with Gasteiger partial charge in [-0.3, -0.25) is 0 Å².